The Labute approximate surface area is 143 Å². The zero-order valence-electron chi connectivity index (χ0n) is 14.4. The Morgan fingerprint density at radius 1 is 1.46 bits per heavy atom. The molecule has 0 unspecified atom stereocenters. The van der Waals surface area contributed by atoms with E-state index >= 15 is 0 Å². The number of nitrogens with zero attached hydrogens (tertiary/aromatic N) is 2. The third kappa shape index (κ3) is 4.75. The molecule has 0 bridgehead atoms. The van der Waals surface area contributed by atoms with E-state index in [1.165, 1.54) is 0 Å². The van der Waals surface area contributed by atoms with Crippen molar-refractivity contribution in [3.63, 3.8) is 0 Å². The van der Waals surface area contributed by atoms with Gasteiger partial charge in [0.1, 0.15) is 0 Å². The minimum atomic E-state index is -0.636. The van der Waals surface area contributed by atoms with E-state index in [4.69, 9.17) is 4.74 Å². The first-order valence-electron chi connectivity index (χ1n) is 8.56. The highest BCUT2D eigenvalue weighted by atomic mass is 16.5. The Kier molecular flexibility index (Phi) is 7.15. The highest BCUT2D eigenvalue weighted by molar-refractivity contribution is 5.76. The molecular weight excluding hydrogens is 308 g/mol. The molecule has 2 N–H and O–H groups in total. The number of methoxy groups -OCH3 is 1. The van der Waals surface area contributed by atoms with Crippen LogP contribution in [0, 0.1) is 5.41 Å². The number of ether oxygens (including phenoxy) is 1. The lowest BCUT2D eigenvalue weighted by molar-refractivity contribution is -0.142. The van der Waals surface area contributed by atoms with Crippen molar-refractivity contribution in [1.82, 2.24) is 9.88 Å². The van der Waals surface area contributed by atoms with Crippen molar-refractivity contribution in [1.29, 1.82) is 0 Å². The van der Waals surface area contributed by atoms with Crippen molar-refractivity contribution < 1.29 is 19.7 Å². The van der Waals surface area contributed by atoms with Gasteiger partial charge in [0, 0.05) is 51.0 Å². The van der Waals surface area contributed by atoms with E-state index in [0.29, 0.717) is 45.4 Å². The summed E-state index contributed by atoms with van der Waals surface area (Å²) in [5, 5.41) is 20.3. The van der Waals surface area contributed by atoms with Crippen molar-refractivity contribution in [2.75, 3.05) is 33.4 Å². The zero-order chi connectivity index (χ0) is 17.4. The Bertz CT molecular complexity index is 511. The molecular formula is C18H28N2O4. The lowest BCUT2D eigenvalue weighted by atomic mass is 9.74. The van der Waals surface area contributed by atoms with Crippen LogP contribution in [-0.4, -0.2) is 65.5 Å². The van der Waals surface area contributed by atoms with Crippen molar-refractivity contribution in [3.05, 3.63) is 30.1 Å². The van der Waals surface area contributed by atoms with E-state index in [2.05, 4.69) is 4.98 Å². The first-order valence-corrected chi connectivity index (χ1v) is 8.56. The first kappa shape index (κ1) is 18.8. The van der Waals surface area contributed by atoms with Gasteiger partial charge < -0.3 is 19.8 Å². The van der Waals surface area contributed by atoms with Crippen molar-refractivity contribution in [2.24, 2.45) is 5.41 Å². The van der Waals surface area contributed by atoms with Crippen LogP contribution in [0.3, 0.4) is 0 Å². The highest BCUT2D eigenvalue weighted by Crippen LogP contribution is 2.35. The fraction of sp³-hybridized carbons (Fsp3) is 0.667. The largest absolute Gasteiger partial charge is 0.396 e. The number of rotatable bonds is 8. The summed E-state index contributed by atoms with van der Waals surface area (Å²) in [5.41, 5.74) is 0.451. The van der Waals surface area contributed by atoms with Gasteiger partial charge in [0.25, 0.3) is 0 Å². The van der Waals surface area contributed by atoms with Crippen LogP contribution in [0.4, 0.5) is 0 Å². The van der Waals surface area contributed by atoms with Gasteiger partial charge >= 0.3 is 0 Å². The SMILES string of the molecule is COCCC[C@@]1(CO)CN(C(=O)CCc2ccncc2)CC[C@H]1O. The smallest absolute Gasteiger partial charge is 0.222 e. The second kappa shape index (κ2) is 9.11. The van der Waals surface area contributed by atoms with Crippen LogP contribution in [0.5, 0.6) is 0 Å². The second-order valence-electron chi connectivity index (χ2n) is 6.59. The molecule has 1 aromatic heterocycles. The van der Waals surface area contributed by atoms with Gasteiger partial charge in [0.15, 0.2) is 0 Å². The summed E-state index contributed by atoms with van der Waals surface area (Å²) in [4.78, 5) is 18.3. The molecule has 6 nitrogen and oxygen atoms in total. The molecule has 1 aliphatic rings. The predicted molar refractivity (Wildman–Crippen MR) is 90.4 cm³/mol. The maximum absolute atomic E-state index is 12.5. The molecule has 1 fully saturated rings. The monoisotopic (exact) mass is 336 g/mol. The predicted octanol–water partition coefficient (Wildman–Crippen LogP) is 1.01. The molecule has 0 aliphatic carbocycles. The van der Waals surface area contributed by atoms with Crippen LogP contribution in [0.1, 0.15) is 31.2 Å². The Balaban J connectivity index is 1.93. The van der Waals surface area contributed by atoms with E-state index in [1.54, 1.807) is 24.4 Å². The van der Waals surface area contributed by atoms with E-state index in [0.717, 1.165) is 12.0 Å². The molecule has 1 aliphatic heterocycles. The highest BCUT2D eigenvalue weighted by Gasteiger charge is 2.43. The Morgan fingerprint density at radius 3 is 2.88 bits per heavy atom. The van der Waals surface area contributed by atoms with Gasteiger partial charge in [-0.05, 0) is 43.4 Å². The number of aryl methyl sites for hydroxylation is 1. The summed E-state index contributed by atoms with van der Waals surface area (Å²) in [6, 6.07) is 3.83. The summed E-state index contributed by atoms with van der Waals surface area (Å²) in [6.45, 7) is 1.42. The fourth-order valence-corrected chi connectivity index (χ4v) is 3.37. The van der Waals surface area contributed by atoms with Crippen molar-refractivity contribution in [2.45, 2.75) is 38.2 Å². The van der Waals surface area contributed by atoms with Crippen LogP contribution in [0.25, 0.3) is 0 Å². The number of carbonyl (C=O) groups excluding carboxylic acids is 1. The summed E-state index contributed by atoms with van der Waals surface area (Å²) < 4.78 is 5.07. The second-order valence-corrected chi connectivity index (χ2v) is 6.59. The van der Waals surface area contributed by atoms with Crippen LogP contribution < -0.4 is 0 Å². The minimum absolute atomic E-state index is 0.0725. The molecule has 6 heteroatoms. The molecule has 0 aromatic carbocycles. The molecule has 134 valence electrons. The van der Waals surface area contributed by atoms with Crippen LogP contribution in [0.2, 0.25) is 0 Å². The molecule has 24 heavy (non-hydrogen) atoms. The quantitative estimate of drug-likeness (QED) is 0.693. The van der Waals surface area contributed by atoms with E-state index in [-0.39, 0.29) is 12.5 Å². The number of likely N-dealkylation sites (tertiary alicyclic amines) is 1. The number of pyridine rings is 1. The Hall–Kier alpha value is -1.50. The standard InChI is InChI=1S/C18H28N2O4/c1-24-12-2-8-18(14-21)13-20(11-7-16(18)22)17(23)4-3-15-5-9-19-10-6-15/h5-6,9-10,16,21-22H,2-4,7-8,11-14H2,1H3/t16-,18+/m1/s1. The third-order valence-corrected chi connectivity index (χ3v) is 4.95. The number of carbonyl (C=O) groups is 1. The molecule has 1 saturated heterocycles. The molecule has 2 atom stereocenters. The molecule has 1 aromatic rings. The molecule has 0 saturated carbocycles. The van der Waals surface area contributed by atoms with Crippen LogP contribution >= 0.6 is 0 Å². The number of amides is 1. The van der Waals surface area contributed by atoms with Gasteiger partial charge in [0.2, 0.25) is 5.91 Å². The molecule has 0 radical (unpaired) electrons. The van der Waals surface area contributed by atoms with Crippen LogP contribution in [0.15, 0.2) is 24.5 Å². The number of aliphatic hydroxyl groups is 2. The fourth-order valence-electron chi connectivity index (χ4n) is 3.37. The summed E-state index contributed by atoms with van der Waals surface area (Å²) in [5.74, 6) is 0.0725. The number of hydrogen-bond acceptors (Lipinski definition) is 5. The summed E-state index contributed by atoms with van der Waals surface area (Å²) in [6.07, 6.45) is 5.89. The normalized spacial score (nSPS) is 24.1. The van der Waals surface area contributed by atoms with Crippen molar-refractivity contribution in [3.8, 4) is 0 Å². The van der Waals surface area contributed by atoms with E-state index in [9.17, 15) is 15.0 Å². The van der Waals surface area contributed by atoms with Crippen molar-refractivity contribution >= 4 is 5.91 Å². The number of aromatic nitrogens is 1. The maximum atomic E-state index is 12.5. The molecule has 1 amide bonds. The van der Waals surface area contributed by atoms with Gasteiger partial charge in [-0.2, -0.15) is 0 Å². The molecule has 2 rings (SSSR count). The van der Waals surface area contributed by atoms with Gasteiger partial charge in [-0.15, -0.1) is 0 Å². The Morgan fingerprint density at radius 2 is 2.21 bits per heavy atom. The van der Waals surface area contributed by atoms with E-state index < -0.39 is 11.5 Å². The van der Waals surface area contributed by atoms with Gasteiger partial charge in [-0.3, -0.25) is 9.78 Å². The molecule has 2 heterocycles. The lowest BCUT2D eigenvalue weighted by Gasteiger charge is -2.45. The minimum Gasteiger partial charge on any atom is -0.396 e. The van der Waals surface area contributed by atoms with Gasteiger partial charge in [-0.1, -0.05) is 0 Å². The molecule has 0 spiro atoms. The summed E-state index contributed by atoms with van der Waals surface area (Å²) in [7, 11) is 1.64. The maximum Gasteiger partial charge on any atom is 0.222 e. The number of hydrogen-bond donors (Lipinski definition) is 2. The summed E-state index contributed by atoms with van der Waals surface area (Å²) >= 11 is 0. The third-order valence-electron chi connectivity index (χ3n) is 4.95. The topological polar surface area (TPSA) is 82.9 Å². The lowest BCUT2D eigenvalue weighted by Crippen LogP contribution is -2.55. The van der Waals surface area contributed by atoms with Gasteiger partial charge in [0.05, 0.1) is 12.7 Å². The average Bonchev–Trinajstić information content (AvgIpc) is 2.62. The zero-order valence-corrected chi connectivity index (χ0v) is 14.4. The average molecular weight is 336 g/mol. The first-order chi connectivity index (χ1) is 11.6. The number of piperidine rings is 1. The van der Waals surface area contributed by atoms with E-state index in [1.807, 2.05) is 12.1 Å². The number of aliphatic hydroxyl groups excluding tert-OH is 2. The van der Waals surface area contributed by atoms with Crippen LogP contribution in [-0.2, 0) is 16.0 Å². The van der Waals surface area contributed by atoms with Gasteiger partial charge in [-0.25, -0.2) is 0 Å².